The molecule has 2 aromatic rings. The van der Waals surface area contributed by atoms with Crippen molar-refractivity contribution < 1.29 is 40.7 Å². The highest BCUT2D eigenvalue weighted by atomic mass is 35.5. The minimum atomic E-state index is -4.37. The number of piperazine rings is 1. The first-order valence-corrected chi connectivity index (χ1v) is 13.3. The summed E-state index contributed by atoms with van der Waals surface area (Å²) in [7, 11) is -2.48. The quantitative estimate of drug-likeness (QED) is 0.404. The molecular formula is C24H27ClF4N4O5S. The molecule has 0 aromatic heterocycles. The van der Waals surface area contributed by atoms with Gasteiger partial charge >= 0.3 is 6.09 Å². The number of carboxylic acid groups (broad SMARTS) is 1. The van der Waals surface area contributed by atoms with Crippen LogP contribution in [0.15, 0.2) is 35.2 Å². The Labute approximate surface area is 228 Å². The van der Waals surface area contributed by atoms with Crippen LogP contribution < -0.4 is 5.32 Å². The van der Waals surface area contributed by atoms with Gasteiger partial charge in [0.2, 0.25) is 10.0 Å². The molecule has 2 saturated heterocycles. The number of hydrogen-bond acceptors (Lipinski definition) is 5. The second-order valence-corrected chi connectivity index (χ2v) is 11.3. The maximum Gasteiger partial charge on any atom is 0.407 e. The van der Waals surface area contributed by atoms with E-state index in [4.69, 9.17) is 0 Å². The van der Waals surface area contributed by atoms with Gasteiger partial charge in [0.25, 0.3) is 5.91 Å². The zero-order valence-electron chi connectivity index (χ0n) is 20.7. The molecule has 9 nitrogen and oxygen atoms in total. The number of benzene rings is 2. The summed E-state index contributed by atoms with van der Waals surface area (Å²) in [5.74, 6) is -6.93. The van der Waals surface area contributed by atoms with Gasteiger partial charge in [0.15, 0.2) is 17.5 Å². The van der Waals surface area contributed by atoms with E-state index >= 15 is 0 Å². The molecule has 0 aliphatic carbocycles. The number of sulfonamides is 1. The Morgan fingerprint density at radius 1 is 0.949 bits per heavy atom. The molecule has 214 valence electrons. The van der Waals surface area contributed by atoms with Crippen molar-refractivity contribution in [3.8, 4) is 0 Å². The number of hydrogen-bond donors (Lipinski definition) is 2. The maximum atomic E-state index is 14.7. The van der Waals surface area contributed by atoms with Gasteiger partial charge in [0.1, 0.15) is 10.7 Å². The predicted molar refractivity (Wildman–Crippen MR) is 135 cm³/mol. The maximum absolute atomic E-state index is 14.7. The summed E-state index contributed by atoms with van der Waals surface area (Å²) in [6.07, 6.45) is -0.294. The fraction of sp³-hybridized carbons (Fsp3) is 0.417. The van der Waals surface area contributed by atoms with Crippen LogP contribution in [0.1, 0.15) is 23.2 Å². The Morgan fingerprint density at radius 2 is 1.56 bits per heavy atom. The molecular weight excluding hydrogens is 568 g/mol. The molecule has 2 aromatic carbocycles. The molecule has 2 N–H and O–H groups in total. The minimum Gasteiger partial charge on any atom is -0.465 e. The summed E-state index contributed by atoms with van der Waals surface area (Å²) >= 11 is 0. The Morgan fingerprint density at radius 3 is 2.15 bits per heavy atom. The van der Waals surface area contributed by atoms with Crippen molar-refractivity contribution >= 4 is 40.1 Å². The van der Waals surface area contributed by atoms with Gasteiger partial charge in [-0.25, -0.2) is 30.8 Å². The molecule has 2 aliphatic rings. The van der Waals surface area contributed by atoms with E-state index in [0.29, 0.717) is 44.6 Å². The van der Waals surface area contributed by atoms with E-state index in [-0.39, 0.29) is 43.0 Å². The Hall–Kier alpha value is -2.94. The fourth-order valence-electron chi connectivity index (χ4n) is 4.91. The standard InChI is InChI=1S/C24H26F4N4O5S.ClH/c1-30-8-9-32(24(34)35)20(13-30)14-4-6-31(7-5-14)38(36,37)21-10-15(2-3-17(21)25)23(33)29-16-11-18(26)22(28)19(27)12-16;/h2-3,10-12,14,20H,4-9,13H2,1H3,(H,29,33)(H,34,35);1H. The third kappa shape index (κ3) is 6.45. The topological polar surface area (TPSA) is 110 Å². The van der Waals surface area contributed by atoms with E-state index in [1.165, 1.54) is 4.90 Å². The van der Waals surface area contributed by atoms with Crippen molar-refractivity contribution in [3.05, 3.63) is 59.2 Å². The number of carbonyl (C=O) groups excluding carboxylic acids is 1. The number of amides is 2. The first kappa shape index (κ1) is 30.6. The molecule has 39 heavy (non-hydrogen) atoms. The molecule has 0 saturated carbocycles. The molecule has 0 spiro atoms. The van der Waals surface area contributed by atoms with Crippen molar-refractivity contribution in [1.82, 2.24) is 14.1 Å². The molecule has 2 heterocycles. The number of nitrogens with one attached hydrogen (secondary N) is 1. The van der Waals surface area contributed by atoms with Gasteiger partial charge in [-0.15, -0.1) is 12.4 Å². The van der Waals surface area contributed by atoms with Crippen LogP contribution in [0.2, 0.25) is 0 Å². The highest BCUT2D eigenvalue weighted by Gasteiger charge is 2.39. The number of anilines is 1. The summed E-state index contributed by atoms with van der Waals surface area (Å²) < 4.78 is 82.4. The number of nitrogens with zero attached hydrogens (tertiary/aromatic N) is 3. The van der Waals surface area contributed by atoms with Crippen molar-refractivity contribution in [3.63, 3.8) is 0 Å². The number of rotatable bonds is 5. The lowest BCUT2D eigenvalue weighted by atomic mass is 9.88. The monoisotopic (exact) mass is 594 g/mol. The number of piperidine rings is 1. The smallest absolute Gasteiger partial charge is 0.407 e. The molecule has 2 fully saturated rings. The molecule has 1 unspecified atom stereocenters. The second-order valence-electron chi connectivity index (χ2n) is 9.40. The summed E-state index contributed by atoms with van der Waals surface area (Å²) in [5, 5.41) is 11.7. The van der Waals surface area contributed by atoms with Crippen LogP contribution >= 0.6 is 12.4 Å². The van der Waals surface area contributed by atoms with E-state index < -0.39 is 55.9 Å². The molecule has 2 aliphatic heterocycles. The molecule has 0 bridgehead atoms. The first-order valence-electron chi connectivity index (χ1n) is 11.8. The fourth-order valence-corrected chi connectivity index (χ4v) is 6.47. The van der Waals surface area contributed by atoms with Crippen molar-refractivity contribution in [2.45, 2.75) is 23.8 Å². The van der Waals surface area contributed by atoms with Gasteiger partial charge in [0, 0.05) is 56.1 Å². The van der Waals surface area contributed by atoms with Gasteiger partial charge in [0.05, 0.1) is 6.04 Å². The van der Waals surface area contributed by atoms with E-state index in [1.54, 1.807) is 0 Å². The largest absolute Gasteiger partial charge is 0.465 e. The van der Waals surface area contributed by atoms with E-state index in [9.17, 15) is 40.7 Å². The average Bonchev–Trinajstić information content (AvgIpc) is 2.87. The highest BCUT2D eigenvalue weighted by Crippen LogP contribution is 2.31. The van der Waals surface area contributed by atoms with Crippen molar-refractivity contribution in [2.24, 2.45) is 5.92 Å². The lowest BCUT2D eigenvalue weighted by Crippen LogP contribution is -2.58. The van der Waals surface area contributed by atoms with Gasteiger partial charge in [-0.05, 0) is 44.0 Å². The van der Waals surface area contributed by atoms with Crippen molar-refractivity contribution in [2.75, 3.05) is 45.1 Å². The predicted octanol–water partition coefficient (Wildman–Crippen LogP) is 3.61. The van der Waals surface area contributed by atoms with Crippen LogP contribution in [0, 0.1) is 29.2 Å². The molecule has 15 heteroatoms. The van der Waals surface area contributed by atoms with Crippen LogP contribution in [0.5, 0.6) is 0 Å². The van der Waals surface area contributed by atoms with Crippen LogP contribution in [0.25, 0.3) is 0 Å². The first-order chi connectivity index (χ1) is 17.9. The van der Waals surface area contributed by atoms with Gasteiger partial charge in [-0.3, -0.25) is 4.79 Å². The Kier molecular flexibility index (Phi) is 9.47. The summed E-state index contributed by atoms with van der Waals surface area (Å²) in [5.41, 5.74) is -0.710. The second kappa shape index (κ2) is 12.1. The summed E-state index contributed by atoms with van der Waals surface area (Å²) in [6.45, 7) is 1.54. The van der Waals surface area contributed by atoms with E-state index in [2.05, 4.69) is 5.32 Å². The van der Waals surface area contributed by atoms with Crippen LogP contribution in [0.4, 0.5) is 28.0 Å². The lowest BCUT2D eigenvalue weighted by Gasteiger charge is -2.44. The van der Waals surface area contributed by atoms with Gasteiger partial charge < -0.3 is 20.2 Å². The highest BCUT2D eigenvalue weighted by molar-refractivity contribution is 7.89. The number of halogens is 5. The minimum absolute atomic E-state index is 0. The average molecular weight is 595 g/mol. The molecule has 2 amide bonds. The SMILES string of the molecule is CN1CCN(C(=O)O)C(C2CCN(S(=O)(=O)c3cc(C(=O)Nc4cc(F)c(F)c(F)c4)ccc3F)CC2)C1.Cl. The number of likely N-dealkylation sites (N-methyl/N-ethyl adjacent to an activating group) is 1. The zero-order chi connectivity index (χ0) is 27.8. The third-order valence-corrected chi connectivity index (χ3v) is 8.88. The summed E-state index contributed by atoms with van der Waals surface area (Å²) in [6, 6.07) is 3.44. The molecule has 0 radical (unpaired) electrons. The Balaban J connectivity index is 0.00000420. The third-order valence-electron chi connectivity index (χ3n) is 6.96. The van der Waals surface area contributed by atoms with Crippen LogP contribution in [-0.4, -0.2) is 85.4 Å². The van der Waals surface area contributed by atoms with Crippen LogP contribution in [-0.2, 0) is 10.0 Å². The van der Waals surface area contributed by atoms with Gasteiger partial charge in [-0.1, -0.05) is 0 Å². The zero-order valence-corrected chi connectivity index (χ0v) is 22.4. The summed E-state index contributed by atoms with van der Waals surface area (Å²) in [4.78, 5) is 26.9. The molecule has 1 atom stereocenters. The Bertz CT molecular complexity index is 1340. The van der Waals surface area contributed by atoms with Gasteiger partial charge in [-0.2, -0.15) is 4.31 Å². The number of carbonyl (C=O) groups is 2. The lowest BCUT2D eigenvalue weighted by molar-refractivity contribution is 0.0396. The molecule has 4 rings (SSSR count). The van der Waals surface area contributed by atoms with Crippen molar-refractivity contribution in [1.29, 1.82) is 0 Å². The van der Waals surface area contributed by atoms with E-state index in [1.807, 2.05) is 11.9 Å². The van der Waals surface area contributed by atoms with E-state index in [0.717, 1.165) is 22.5 Å². The van der Waals surface area contributed by atoms with Crippen LogP contribution in [0.3, 0.4) is 0 Å². The normalized spacial score (nSPS) is 19.4.